The van der Waals surface area contributed by atoms with Crippen molar-refractivity contribution in [3.63, 3.8) is 0 Å². The van der Waals surface area contributed by atoms with Crippen LogP contribution in [0.2, 0.25) is 0 Å². The van der Waals surface area contributed by atoms with E-state index in [1.807, 2.05) is 24.3 Å². The van der Waals surface area contributed by atoms with Gasteiger partial charge < -0.3 is 14.4 Å². The molecule has 3 fully saturated rings. The highest BCUT2D eigenvalue weighted by molar-refractivity contribution is 8.26. The number of thiophene rings is 1. The molecule has 2 N–H and O–H groups in total. The Bertz CT molecular complexity index is 1750. The van der Waals surface area contributed by atoms with Crippen LogP contribution in [0.3, 0.4) is 0 Å². The maximum atomic E-state index is 12.2. The number of rotatable bonds is 9. The van der Waals surface area contributed by atoms with Crippen LogP contribution in [0.1, 0.15) is 49.3 Å². The number of esters is 1. The SMILES string of the molecule is CCOC(=O)CC1(c2ccc(OCc3ccc4scc(-c5ccc(N6CC7(CCS7(O)O)C6)cc5C)c4c3)cc2)CC(=O)C1. The molecule has 7 nitrogen and oxygen atoms in total. The van der Waals surface area contributed by atoms with Gasteiger partial charge in [0.1, 0.15) is 18.1 Å². The molecule has 0 unspecified atom stereocenters. The summed E-state index contributed by atoms with van der Waals surface area (Å²) < 4.78 is 32.8. The summed E-state index contributed by atoms with van der Waals surface area (Å²) in [5.74, 6) is 1.18. The molecule has 2 aliphatic heterocycles. The highest BCUT2D eigenvalue weighted by atomic mass is 32.3. The van der Waals surface area contributed by atoms with Gasteiger partial charge in [-0.3, -0.25) is 18.7 Å². The van der Waals surface area contributed by atoms with E-state index < -0.39 is 16.0 Å². The number of anilines is 1. The molecule has 0 atom stereocenters. The van der Waals surface area contributed by atoms with E-state index in [2.05, 4.69) is 53.6 Å². The maximum Gasteiger partial charge on any atom is 0.306 e. The van der Waals surface area contributed by atoms with Gasteiger partial charge >= 0.3 is 5.97 Å². The van der Waals surface area contributed by atoms with Gasteiger partial charge in [-0.1, -0.05) is 24.3 Å². The van der Waals surface area contributed by atoms with Crippen LogP contribution in [-0.4, -0.2) is 51.1 Å². The van der Waals surface area contributed by atoms with Gasteiger partial charge in [0.15, 0.2) is 0 Å². The molecule has 3 aromatic carbocycles. The molecular formula is C35H37NO6S2. The fourth-order valence-corrected chi connectivity index (χ4v) is 9.80. The van der Waals surface area contributed by atoms with Gasteiger partial charge in [-0.15, -0.1) is 11.3 Å². The van der Waals surface area contributed by atoms with Crippen molar-refractivity contribution in [2.24, 2.45) is 0 Å². The minimum absolute atomic E-state index is 0.170. The number of benzene rings is 3. The largest absolute Gasteiger partial charge is 0.489 e. The first-order valence-electron chi connectivity index (χ1n) is 15.1. The molecule has 2 saturated heterocycles. The second-order valence-corrected chi connectivity index (χ2v) is 16.1. The molecule has 7 rings (SSSR count). The van der Waals surface area contributed by atoms with Crippen molar-refractivity contribution in [1.29, 1.82) is 0 Å². The molecule has 230 valence electrons. The third-order valence-electron chi connectivity index (χ3n) is 9.73. The summed E-state index contributed by atoms with van der Waals surface area (Å²) in [5.41, 5.74) is 6.30. The molecule has 1 aromatic heterocycles. The predicted octanol–water partition coefficient (Wildman–Crippen LogP) is 7.72. The predicted molar refractivity (Wildman–Crippen MR) is 177 cm³/mol. The Hall–Kier alpha value is -3.37. The van der Waals surface area contributed by atoms with Gasteiger partial charge in [-0.05, 0) is 84.3 Å². The van der Waals surface area contributed by atoms with E-state index in [0.29, 0.717) is 31.8 Å². The summed E-state index contributed by atoms with van der Waals surface area (Å²) in [7, 11) is -2.42. The molecule has 0 bridgehead atoms. The molecule has 3 aliphatic rings. The average Bonchev–Trinajstić information content (AvgIpc) is 3.37. The zero-order valence-corrected chi connectivity index (χ0v) is 26.6. The Morgan fingerprint density at radius 1 is 1.02 bits per heavy atom. The zero-order chi connectivity index (χ0) is 30.7. The monoisotopic (exact) mass is 631 g/mol. The van der Waals surface area contributed by atoms with Crippen molar-refractivity contribution in [3.05, 3.63) is 82.7 Å². The van der Waals surface area contributed by atoms with Gasteiger partial charge in [-0.2, -0.15) is 10.6 Å². The lowest BCUT2D eigenvalue weighted by Crippen LogP contribution is -2.69. The molecule has 4 aromatic rings. The molecule has 9 heteroatoms. The topological polar surface area (TPSA) is 96.3 Å². The van der Waals surface area contributed by atoms with Crippen molar-refractivity contribution in [3.8, 4) is 16.9 Å². The number of hydrogen-bond acceptors (Lipinski definition) is 8. The van der Waals surface area contributed by atoms with Gasteiger partial charge in [0, 0.05) is 58.4 Å². The molecule has 1 saturated carbocycles. The van der Waals surface area contributed by atoms with E-state index in [0.717, 1.165) is 42.1 Å². The number of nitrogens with zero attached hydrogens (tertiary/aromatic N) is 1. The Morgan fingerprint density at radius 3 is 2.43 bits per heavy atom. The fraction of sp³-hybridized carbons (Fsp3) is 0.371. The summed E-state index contributed by atoms with van der Waals surface area (Å²) >= 11 is 1.73. The zero-order valence-electron chi connectivity index (χ0n) is 25.0. The third-order valence-corrected chi connectivity index (χ3v) is 13.3. The van der Waals surface area contributed by atoms with Crippen LogP contribution in [0.4, 0.5) is 5.69 Å². The van der Waals surface area contributed by atoms with Gasteiger partial charge in [0.05, 0.1) is 17.8 Å². The lowest BCUT2D eigenvalue weighted by Gasteiger charge is -2.67. The average molecular weight is 632 g/mol. The fourth-order valence-electron chi connectivity index (χ4n) is 6.99. The highest BCUT2D eigenvalue weighted by Gasteiger charge is 2.59. The number of fused-ring (bicyclic) bond motifs is 1. The molecule has 1 aliphatic carbocycles. The van der Waals surface area contributed by atoms with Crippen molar-refractivity contribution in [1.82, 2.24) is 0 Å². The van der Waals surface area contributed by atoms with E-state index in [-0.39, 0.29) is 22.9 Å². The molecular weight excluding hydrogens is 595 g/mol. The van der Waals surface area contributed by atoms with E-state index in [9.17, 15) is 18.7 Å². The van der Waals surface area contributed by atoms with Crippen LogP contribution in [0.15, 0.2) is 66.0 Å². The summed E-state index contributed by atoms with van der Waals surface area (Å²) in [6, 6.07) is 20.8. The maximum absolute atomic E-state index is 12.2. The van der Waals surface area contributed by atoms with Crippen LogP contribution in [0.5, 0.6) is 5.75 Å². The van der Waals surface area contributed by atoms with Gasteiger partial charge in [0.2, 0.25) is 0 Å². The first-order valence-corrected chi connectivity index (χ1v) is 17.7. The molecule has 3 heterocycles. The summed E-state index contributed by atoms with van der Waals surface area (Å²) in [5, 5.41) is 3.42. The third kappa shape index (κ3) is 5.00. The lowest BCUT2D eigenvalue weighted by atomic mass is 9.62. The van der Waals surface area contributed by atoms with E-state index in [4.69, 9.17) is 9.47 Å². The first-order chi connectivity index (χ1) is 21.1. The molecule has 44 heavy (non-hydrogen) atoms. The van der Waals surface area contributed by atoms with Crippen LogP contribution in [0.25, 0.3) is 21.2 Å². The van der Waals surface area contributed by atoms with Gasteiger partial charge in [0.25, 0.3) is 0 Å². The Kier molecular flexibility index (Phi) is 7.28. The standard InChI is InChI=1S/C35H37NO6S2/c1-3-41-33(38)18-34(16-27(37)17-34)25-5-8-28(9-6-25)42-19-24-4-11-32-30(15-24)31(20-43-32)29-10-7-26(14-23(29)2)36-21-35(22-36)12-13-44(35,39)40/h4-11,14-15,20,39-40H,3,12-13,16-19,21-22H2,1-2H3. The van der Waals surface area contributed by atoms with Crippen molar-refractivity contribution in [2.45, 2.75) is 56.3 Å². The smallest absolute Gasteiger partial charge is 0.306 e. The highest BCUT2D eigenvalue weighted by Crippen LogP contribution is 2.67. The quantitative estimate of drug-likeness (QED) is 0.183. The normalized spacial score (nSPS) is 20.0. The number of ether oxygens (including phenoxy) is 2. The number of carbonyl (C=O) groups excluding carboxylic acids is 2. The van der Waals surface area contributed by atoms with Crippen LogP contribution < -0.4 is 9.64 Å². The Balaban J connectivity index is 1.04. The van der Waals surface area contributed by atoms with Crippen LogP contribution >= 0.6 is 21.9 Å². The van der Waals surface area contributed by atoms with Gasteiger partial charge in [-0.25, -0.2) is 0 Å². The second kappa shape index (κ2) is 10.9. The summed E-state index contributed by atoms with van der Waals surface area (Å²) in [6.07, 6.45) is 1.85. The van der Waals surface area contributed by atoms with E-state index in [1.165, 1.54) is 26.8 Å². The molecule has 0 amide bonds. The lowest BCUT2D eigenvalue weighted by molar-refractivity contribution is -0.147. The minimum Gasteiger partial charge on any atom is -0.489 e. The molecule has 1 spiro atoms. The number of hydrogen-bond donors (Lipinski definition) is 2. The number of carbonyl (C=O) groups is 2. The van der Waals surface area contributed by atoms with Crippen LogP contribution in [0, 0.1) is 6.92 Å². The van der Waals surface area contributed by atoms with Crippen molar-refractivity contribution in [2.75, 3.05) is 30.3 Å². The Morgan fingerprint density at radius 2 is 1.80 bits per heavy atom. The van der Waals surface area contributed by atoms with E-state index in [1.54, 1.807) is 18.3 Å². The van der Waals surface area contributed by atoms with Crippen molar-refractivity contribution < 1.29 is 28.2 Å². The number of Topliss-reactive ketones (excluding diaryl/α,β-unsaturated/α-hetero) is 1. The summed E-state index contributed by atoms with van der Waals surface area (Å²) in [6.45, 7) is 6.12. The molecule has 0 radical (unpaired) electrons. The number of ketones is 1. The van der Waals surface area contributed by atoms with Crippen molar-refractivity contribution >= 4 is 49.5 Å². The Labute approximate surface area is 263 Å². The summed E-state index contributed by atoms with van der Waals surface area (Å²) in [4.78, 5) is 26.3. The van der Waals surface area contributed by atoms with Crippen LogP contribution in [-0.2, 0) is 26.3 Å². The first kappa shape index (κ1) is 29.3. The number of aryl methyl sites for hydroxylation is 1. The van der Waals surface area contributed by atoms with E-state index >= 15 is 0 Å². The second-order valence-electron chi connectivity index (χ2n) is 12.6. The minimum atomic E-state index is -2.42.